The maximum absolute atomic E-state index is 13.7. The first-order chi connectivity index (χ1) is 15.1. The van der Waals surface area contributed by atoms with E-state index in [1.807, 2.05) is 45.9 Å². The molecule has 3 aliphatic rings. The van der Waals surface area contributed by atoms with Gasteiger partial charge < -0.3 is 24.8 Å². The molecule has 1 aromatic rings. The number of hydrogen-bond acceptors (Lipinski definition) is 6. The smallest absolute Gasteiger partial charge is 0.312 e. The number of benzene rings is 1. The van der Waals surface area contributed by atoms with Crippen LogP contribution in [0.25, 0.3) is 0 Å². The van der Waals surface area contributed by atoms with Crippen molar-refractivity contribution < 1.29 is 29.0 Å². The zero-order chi connectivity index (χ0) is 23.4. The van der Waals surface area contributed by atoms with Crippen molar-refractivity contribution in [3.05, 3.63) is 29.3 Å². The van der Waals surface area contributed by atoms with Crippen LogP contribution < -0.4 is 5.32 Å². The molecule has 2 bridgehead atoms. The zero-order valence-electron chi connectivity index (χ0n) is 19.3. The molecule has 4 rings (SSSR count). The Morgan fingerprint density at radius 2 is 1.97 bits per heavy atom. The van der Waals surface area contributed by atoms with E-state index in [2.05, 4.69) is 5.32 Å². The number of para-hydroxylation sites is 1. The number of esters is 1. The van der Waals surface area contributed by atoms with Crippen molar-refractivity contribution in [2.24, 2.45) is 17.8 Å². The fourth-order valence-corrected chi connectivity index (χ4v) is 6.18. The molecule has 3 aliphatic heterocycles. The number of ether oxygens (including phenoxy) is 2. The van der Waals surface area contributed by atoms with Crippen molar-refractivity contribution >= 4 is 23.5 Å². The van der Waals surface area contributed by atoms with Gasteiger partial charge in [0.05, 0.1) is 24.7 Å². The second-order valence-corrected chi connectivity index (χ2v) is 9.47. The third kappa shape index (κ3) is 2.99. The van der Waals surface area contributed by atoms with Gasteiger partial charge in [-0.05, 0) is 51.2 Å². The van der Waals surface area contributed by atoms with Gasteiger partial charge in [0, 0.05) is 12.2 Å². The first-order valence-electron chi connectivity index (χ1n) is 11.3. The van der Waals surface area contributed by atoms with Crippen LogP contribution in [0.15, 0.2) is 18.2 Å². The molecule has 8 heteroatoms. The van der Waals surface area contributed by atoms with Gasteiger partial charge in [-0.3, -0.25) is 14.4 Å². The van der Waals surface area contributed by atoms with Crippen LogP contribution in [0, 0.1) is 31.6 Å². The summed E-state index contributed by atoms with van der Waals surface area (Å²) in [5, 5.41) is 12.7. The van der Waals surface area contributed by atoms with E-state index in [-0.39, 0.29) is 37.5 Å². The van der Waals surface area contributed by atoms with E-state index in [1.165, 1.54) is 4.90 Å². The summed E-state index contributed by atoms with van der Waals surface area (Å²) in [4.78, 5) is 41.6. The number of rotatable bonds is 6. The number of likely N-dealkylation sites (tertiary alicyclic amines) is 1. The first kappa shape index (κ1) is 22.7. The van der Waals surface area contributed by atoms with Crippen molar-refractivity contribution in [3.63, 3.8) is 0 Å². The zero-order valence-corrected chi connectivity index (χ0v) is 19.3. The lowest BCUT2D eigenvalue weighted by Gasteiger charge is -2.35. The maximum Gasteiger partial charge on any atom is 0.312 e. The minimum atomic E-state index is -1.14. The average Bonchev–Trinajstić information content (AvgIpc) is 3.23. The molecule has 1 spiro atoms. The highest BCUT2D eigenvalue weighted by Gasteiger charge is 2.80. The number of nitrogens with one attached hydrogen (secondary N) is 1. The second-order valence-electron chi connectivity index (χ2n) is 9.47. The van der Waals surface area contributed by atoms with Crippen molar-refractivity contribution in [2.45, 2.75) is 58.3 Å². The number of carbonyl (C=O) groups is 3. The predicted molar refractivity (Wildman–Crippen MR) is 117 cm³/mol. The van der Waals surface area contributed by atoms with E-state index in [1.54, 1.807) is 6.92 Å². The van der Waals surface area contributed by atoms with E-state index in [4.69, 9.17) is 9.47 Å². The Morgan fingerprint density at radius 1 is 1.31 bits per heavy atom. The third-order valence-electron chi connectivity index (χ3n) is 7.67. The standard InChI is InChI=1S/C24H32N2O6/c1-6-31-22(30)17-16-21(29)26(10-11-27)19(24(16)12-15(4)23(17,5)32-24)20(28)25-18-13(2)8-7-9-14(18)3/h7-9,15-17,19,27H,6,10-12H2,1-5H3,(H,25,28)/t15?,16-,17+,19?,23-,24?/m0/s1. The Bertz CT molecular complexity index is 944. The van der Waals surface area contributed by atoms with Crippen LogP contribution in [0.2, 0.25) is 0 Å². The molecular formula is C24H32N2O6. The van der Waals surface area contributed by atoms with Crippen LogP contribution in [0.5, 0.6) is 0 Å². The topological polar surface area (TPSA) is 105 Å². The van der Waals surface area contributed by atoms with Crippen LogP contribution in [0.4, 0.5) is 5.69 Å². The number of β-amino-alcohol motifs (C(OH)–C–C–N with tert-alkyl or cyclic N) is 1. The van der Waals surface area contributed by atoms with Crippen LogP contribution in [-0.2, 0) is 23.9 Å². The molecule has 3 saturated heterocycles. The monoisotopic (exact) mass is 444 g/mol. The molecule has 0 aliphatic carbocycles. The Balaban J connectivity index is 1.78. The van der Waals surface area contributed by atoms with Gasteiger partial charge in [0.15, 0.2) is 0 Å². The quantitative estimate of drug-likeness (QED) is 0.649. The molecule has 0 radical (unpaired) electrons. The highest BCUT2D eigenvalue weighted by molar-refractivity contribution is 6.04. The van der Waals surface area contributed by atoms with Crippen molar-refractivity contribution in [1.82, 2.24) is 4.90 Å². The lowest BCUT2D eigenvalue weighted by molar-refractivity contribution is -0.161. The van der Waals surface area contributed by atoms with Crippen molar-refractivity contribution in [2.75, 3.05) is 25.1 Å². The molecule has 3 heterocycles. The number of anilines is 1. The number of aliphatic hydroxyl groups excluding tert-OH is 1. The summed E-state index contributed by atoms with van der Waals surface area (Å²) in [6.07, 6.45) is 0.475. The predicted octanol–water partition coefficient (Wildman–Crippen LogP) is 1.81. The molecule has 1 aromatic carbocycles. The van der Waals surface area contributed by atoms with Crippen LogP contribution in [0.1, 0.15) is 38.3 Å². The molecule has 0 saturated carbocycles. The fourth-order valence-electron chi connectivity index (χ4n) is 6.18. The van der Waals surface area contributed by atoms with Gasteiger partial charge in [-0.2, -0.15) is 0 Å². The maximum atomic E-state index is 13.7. The molecule has 0 aromatic heterocycles. The normalized spacial score (nSPS) is 35.2. The SMILES string of the molecule is CCOC(=O)[C@H]1[C@H]2C(=O)N(CCO)C(C(=O)Nc3c(C)cccc3C)C23CC(C)[C@]1(C)O3. The van der Waals surface area contributed by atoms with Gasteiger partial charge >= 0.3 is 5.97 Å². The largest absolute Gasteiger partial charge is 0.466 e. The van der Waals surface area contributed by atoms with Gasteiger partial charge in [0.1, 0.15) is 17.6 Å². The van der Waals surface area contributed by atoms with E-state index in [9.17, 15) is 19.5 Å². The van der Waals surface area contributed by atoms with E-state index in [0.29, 0.717) is 12.1 Å². The molecular weight excluding hydrogens is 412 g/mol. The van der Waals surface area contributed by atoms with E-state index in [0.717, 1.165) is 11.1 Å². The summed E-state index contributed by atoms with van der Waals surface area (Å²) in [5.74, 6) is -2.84. The average molecular weight is 445 g/mol. The Kier molecular flexibility index (Phi) is 5.57. The minimum Gasteiger partial charge on any atom is -0.466 e. The number of nitrogens with zero attached hydrogens (tertiary/aromatic N) is 1. The van der Waals surface area contributed by atoms with Gasteiger partial charge in [-0.15, -0.1) is 0 Å². The molecule has 3 unspecified atom stereocenters. The minimum absolute atomic E-state index is 0.00801. The summed E-state index contributed by atoms with van der Waals surface area (Å²) in [6.45, 7) is 9.27. The Hall–Kier alpha value is -2.45. The number of amides is 2. The van der Waals surface area contributed by atoms with Crippen molar-refractivity contribution in [1.29, 1.82) is 0 Å². The van der Waals surface area contributed by atoms with E-state index < -0.39 is 35.0 Å². The van der Waals surface area contributed by atoms with Crippen molar-refractivity contribution in [3.8, 4) is 0 Å². The van der Waals surface area contributed by atoms with Gasteiger partial charge in [-0.25, -0.2) is 0 Å². The summed E-state index contributed by atoms with van der Waals surface area (Å²) >= 11 is 0. The lowest BCUT2D eigenvalue weighted by atomic mass is 9.62. The number of carbonyl (C=O) groups excluding carboxylic acids is 3. The van der Waals surface area contributed by atoms with Gasteiger partial charge in [-0.1, -0.05) is 25.1 Å². The van der Waals surface area contributed by atoms with Crippen LogP contribution in [0.3, 0.4) is 0 Å². The summed E-state index contributed by atoms with van der Waals surface area (Å²) < 4.78 is 11.9. The summed E-state index contributed by atoms with van der Waals surface area (Å²) in [6, 6.07) is 4.79. The molecule has 32 heavy (non-hydrogen) atoms. The molecule has 3 fully saturated rings. The number of aliphatic hydroxyl groups is 1. The summed E-state index contributed by atoms with van der Waals surface area (Å²) in [7, 11) is 0. The van der Waals surface area contributed by atoms with E-state index >= 15 is 0 Å². The highest BCUT2D eigenvalue weighted by Crippen LogP contribution is 2.65. The van der Waals surface area contributed by atoms with Gasteiger partial charge in [0.2, 0.25) is 11.8 Å². The first-order valence-corrected chi connectivity index (χ1v) is 11.3. The fraction of sp³-hybridized carbons (Fsp3) is 0.625. The lowest BCUT2D eigenvalue weighted by Crippen LogP contribution is -2.54. The molecule has 6 atom stereocenters. The molecule has 2 N–H and O–H groups in total. The molecule has 8 nitrogen and oxygen atoms in total. The third-order valence-corrected chi connectivity index (χ3v) is 7.67. The molecule has 2 amide bonds. The number of fused-ring (bicyclic) bond motifs is 1. The highest BCUT2D eigenvalue weighted by atomic mass is 16.6. The Labute approximate surface area is 188 Å². The number of aryl methyl sites for hydroxylation is 2. The van der Waals surface area contributed by atoms with Crippen LogP contribution in [-0.4, -0.2) is 64.8 Å². The number of hydrogen-bond donors (Lipinski definition) is 2. The van der Waals surface area contributed by atoms with Gasteiger partial charge in [0.25, 0.3) is 0 Å². The Morgan fingerprint density at radius 3 is 2.56 bits per heavy atom. The molecule has 174 valence electrons. The summed E-state index contributed by atoms with van der Waals surface area (Å²) in [5.41, 5.74) is 0.481. The second kappa shape index (κ2) is 7.85. The van der Waals surface area contributed by atoms with Crippen LogP contribution >= 0.6 is 0 Å².